The van der Waals surface area contributed by atoms with Crippen molar-refractivity contribution in [2.45, 2.75) is 13.3 Å². The number of carbonyl (C=O) groups is 3. The first kappa shape index (κ1) is 21.7. The molecule has 0 aliphatic carbocycles. The van der Waals surface area contributed by atoms with Crippen LogP contribution in [0.5, 0.6) is 0 Å². The molecule has 5 rings (SSSR count). The first-order chi connectivity index (χ1) is 16.5. The van der Waals surface area contributed by atoms with E-state index in [1.807, 2.05) is 54.6 Å². The molecule has 34 heavy (non-hydrogen) atoms. The van der Waals surface area contributed by atoms with Crippen molar-refractivity contribution in [2.75, 3.05) is 16.8 Å². The van der Waals surface area contributed by atoms with Gasteiger partial charge in [0.2, 0.25) is 11.7 Å². The van der Waals surface area contributed by atoms with E-state index in [9.17, 15) is 14.4 Å². The van der Waals surface area contributed by atoms with Crippen molar-refractivity contribution in [1.29, 1.82) is 0 Å². The zero-order chi connectivity index (χ0) is 23.7. The number of amides is 2. The summed E-state index contributed by atoms with van der Waals surface area (Å²) in [5.41, 5.74) is 4.21. The van der Waals surface area contributed by atoms with Crippen LogP contribution in [0.25, 0.3) is 11.3 Å². The Balaban J connectivity index is 1.45. The first-order valence-electron chi connectivity index (χ1n) is 10.9. The van der Waals surface area contributed by atoms with E-state index in [-0.39, 0.29) is 17.6 Å². The fourth-order valence-corrected chi connectivity index (χ4v) is 5.02. The number of carbonyl (C=O) groups excluding carboxylic acids is 3. The normalized spacial score (nSPS) is 12.3. The van der Waals surface area contributed by atoms with Crippen LogP contribution in [-0.4, -0.2) is 29.1 Å². The Hall–Kier alpha value is -4.10. The molecular formula is C27H21N3O3S. The molecule has 0 saturated carbocycles. The highest BCUT2D eigenvalue weighted by molar-refractivity contribution is 7.18. The third-order valence-corrected chi connectivity index (χ3v) is 6.72. The lowest BCUT2D eigenvalue weighted by molar-refractivity contribution is -0.116. The molecule has 6 nitrogen and oxygen atoms in total. The van der Waals surface area contributed by atoms with Gasteiger partial charge in [0.15, 0.2) is 5.13 Å². The van der Waals surface area contributed by atoms with E-state index in [1.165, 1.54) is 6.92 Å². The topological polar surface area (TPSA) is 79.4 Å². The van der Waals surface area contributed by atoms with Gasteiger partial charge in [-0.2, -0.15) is 0 Å². The van der Waals surface area contributed by atoms with E-state index in [1.54, 1.807) is 29.2 Å². The van der Waals surface area contributed by atoms with Gasteiger partial charge in [-0.05, 0) is 30.2 Å². The summed E-state index contributed by atoms with van der Waals surface area (Å²) < 4.78 is 0. The summed E-state index contributed by atoms with van der Waals surface area (Å²) in [6, 6.07) is 23.8. The van der Waals surface area contributed by atoms with Crippen LogP contribution >= 0.6 is 11.3 Å². The zero-order valence-electron chi connectivity index (χ0n) is 18.4. The maximum absolute atomic E-state index is 13.2. The molecule has 0 radical (unpaired) electrons. The lowest BCUT2D eigenvalue weighted by Gasteiger charge is -2.14. The van der Waals surface area contributed by atoms with E-state index in [4.69, 9.17) is 0 Å². The molecule has 1 N–H and O–H groups in total. The summed E-state index contributed by atoms with van der Waals surface area (Å²) in [5, 5.41) is 3.21. The molecule has 2 amide bonds. The standard InChI is InChI=1S/C27H21N3O3S/c1-17(31)30-15-14-20-16-21(12-13-22(20)30)26(33)29-27-28-23(18-8-4-2-5-9-18)25(34-27)24(32)19-10-6-3-7-11-19/h2-13,16H,14-15H2,1H3,(H,28,29,33). The number of hydrogen-bond donors (Lipinski definition) is 1. The Kier molecular flexibility index (Phi) is 5.77. The van der Waals surface area contributed by atoms with Crippen LogP contribution in [0, 0.1) is 0 Å². The third-order valence-electron chi connectivity index (χ3n) is 5.75. The average Bonchev–Trinajstić information content (AvgIpc) is 3.48. The smallest absolute Gasteiger partial charge is 0.257 e. The van der Waals surface area contributed by atoms with Crippen LogP contribution in [0.4, 0.5) is 10.8 Å². The lowest BCUT2D eigenvalue weighted by atomic mass is 10.1. The predicted octanol–water partition coefficient (Wildman–Crippen LogP) is 5.20. The second-order valence-electron chi connectivity index (χ2n) is 7.98. The third kappa shape index (κ3) is 4.13. The summed E-state index contributed by atoms with van der Waals surface area (Å²) in [4.78, 5) is 44.9. The van der Waals surface area contributed by atoms with Gasteiger partial charge in [-0.25, -0.2) is 4.98 Å². The van der Waals surface area contributed by atoms with Crippen molar-refractivity contribution in [3.8, 4) is 11.3 Å². The summed E-state index contributed by atoms with van der Waals surface area (Å²) in [7, 11) is 0. The Morgan fingerprint density at radius 3 is 2.32 bits per heavy atom. The van der Waals surface area contributed by atoms with Crippen LogP contribution in [0.3, 0.4) is 0 Å². The molecule has 2 heterocycles. The molecule has 0 bridgehead atoms. The molecule has 0 spiro atoms. The van der Waals surface area contributed by atoms with Gasteiger partial charge in [-0.1, -0.05) is 72.0 Å². The highest BCUT2D eigenvalue weighted by Gasteiger charge is 2.25. The Labute approximate surface area is 200 Å². The fourth-order valence-electron chi connectivity index (χ4n) is 4.08. The van der Waals surface area contributed by atoms with Gasteiger partial charge in [-0.15, -0.1) is 0 Å². The predicted molar refractivity (Wildman–Crippen MR) is 134 cm³/mol. The number of thiazole rings is 1. The van der Waals surface area contributed by atoms with E-state index < -0.39 is 0 Å². The monoisotopic (exact) mass is 467 g/mol. The lowest BCUT2D eigenvalue weighted by Crippen LogP contribution is -2.25. The van der Waals surface area contributed by atoms with Crippen LogP contribution in [-0.2, 0) is 11.2 Å². The molecule has 1 aliphatic rings. The number of benzene rings is 3. The van der Waals surface area contributed by atoms with E-state index in [0.29, 0.717) is 39.8 Å². The maximum Gasteiger partial charge on any atom is 0.257 e. The van der Waals surface area contributed by atoms with Gasteiger partial charge in [0, 0.05) is 35.8 Å². The number of hydrogen-bond acceptors (Lipinski definition) is 5. The highest BCUT2D eigenvalue weighted by atomic mass is 32.1. The van der Waals surface area contributed by atoms with Crippen LogP contribution in [0.2, 0.25) is 0 Å². The minimum Gasteiger partial charge on any atom is -0.312 e. The number of aromatic nitrogens is 1. The van der Waals surface area contributed by atoms with Gasteiger partial charge >= 0.3 is 0 Å². The molecule has 168 valence electrons. The van der Waals surface area contributed by atoms with E-state index in [0.717, 1.165) is 28.2 Å². The largest absolute Gasteiger partial charge is 0.312 e. The molecule has 0 saturated heterocycles. The molecule has 0 unspecified atom stereocenters. The van der Waals surface area contributed by atoms with Gasteiger partial charge in [0.25, 0.3) is 5.91 Å². The summed E-state index contributed by atoms with van der Waals surface area (Å²) in [5.74, 6) is -0.460. The highest BCUT2D eigenvalue weighted by Crippen LogP contribution is 2.34. The number of nitrogens with one attached hydrogen (secondary N) is 1. The number of anilines is 2. The molecular weight excluding hydrogens is 446 g/mol. The van der Waals surface area contributed by atoms with Crippen LogP contribution in [0.15, 0.2) is 78.9 Å². The zero-order valence-corrected chi connectivity index (χ0v) is 19.3. The van der Waals surface area contributed by atoms with Crippen molar-refractivity contribution in [3.05, 3.63) is 100 Å². The first-order valence-corrected chi connectivity index (χ1v) is 11.7. The quantitative estimate of drug-likeness (QED) is 0.409. The van der Waals surface area contributed by atoms with Gasteiger partial charge in [0.05, 0.1) is 5.69 Å². The fraction of sp³-hybridized carbons (Fsp3) is 0.111. The Morgan fingerprint density at radius 2 is 1.62 bits per heavy atom. The SMILES string of the molecule is CC(=O)N1CCc2cc(C(=O)Nc3nc(-c4ccccc4)c(C(=O)c4ccccc4)s3)ccc21. The molecule has 3 aromatic carbocycles. The minimum absolute atomic E-state index is 0.0113. The molecule has 1 aromatic heterocycles. The van der Waals surface area contributed by atoms with Gasteiger partial charge < -0.3 is 4.90 Å². The Morgan fingerprint density at radius 1 is 0.912 bits per heavy atom. The second-order valence-corrected chi connectivity index (χ2v) is 8.98. The molecule has 4 aromatic rings. The van der Waals surface area contributed by atoms with Crippen molar-refractivity contribution >= 4 is 39.8 Å². The average molecular weight is 468 g/mol. The van der Waals surface area contributed by atoms with Crippen molar-refractivity contribution in [3.63, 3.8) is 0 Å². The summed E-state index contributed by atoms with van der Waals surface area (Å²) >= 11 is 1.16. The Bertz CT molecular complexity index is 1400. The molecule has 1 aliphatic heterocycles. The number of fused-ring (bicyclic) bond motifs is 1. The van der Waals surface area contributed by atoms with Crippen molar-refractivity contribution in [2.24, 2.45) is 0 Å². The van der Waals surface area contributed by atoms with E-state index >= 15 is 0 Å². The number of ketones is 1. The minimum atomic E-state index is -0.309. The van der Waals surface area contributed by atoms with Crippen LogP contribution < -0.4 is 10.2 Å². The molecule has 0 atom stereocenters. The molecule has 0 fully saturated rings. The van der Waals surface area contributed by atoms with Crippen molar-refractivity contribution in [1.82, 2.24) is 4.98 Å². The summed E-state index contributed by atoms with van der Waals surface area (Å²) in [6.07, 6.45) is 0.709. The van der Waals surface area contributed by atoms with Crippen molar-refractivity contribution < 1.29 is 14.4 Å². The number of rotatable bonds is 5. The van der Waals surface area contributed by atoms with Gasteiger partial charge in [0.1, 0.15) is 4.88 Å². The maximum atomic E-state index is 13.2. The van der Waals surface area contributed by atoms with Crippen LogP contribution in [0.1, 0.15) is 38.1 Å². The number of nitrogens with zero attached hydrogens (tertiary/aromatic N) is 2. The van der Waals surface area contributed by atoms with E-state index in [2.05, 4.69) is 10.3 Å². The molecule has 7 heteroatoms. The van der Waals surface area contributed by atoms with Gasteiger partial charge in [-0.3, -0.25) is 19.7 Å². The summed E-state index contributed by atoms with van der Waals surface area (Å²) in [6.45, 7) is 2.16. The second kappa shape index (κ2) is 9.03.